The van der Waals surface area contributed by atoms with E-state index in [4.69, 9.17) is 0 Å². The molecule has 0 aliphatic heterocycles. The van der Waals surface area contributed by atoms with Crippen molar-refractivity contribution in [1.82, 2.24) is 25.4 Å². The van der Waals surface area contributed by atoms with E-state index < -0.39 is 0 Å². The fourth-order valence-electron chi connectivity index (χ4n) is 2.02. The van der Waals surface area contributed by atoms with Crippen LogP contribution in [0.15, 0.2) is 28.8 Å². The average Bonchev–Trinajstić information content (AvgIpc) is 3.15. The highest BCUT2D eigenvalue weighted by Gasteiger charge is 2.04. The second-order valence-electron chi connectivity index (χ2n) is 5.26. The first-order valence-electron chi connectivity index (χ1n) is 7.63. The maximum Gasteiger partial charge on any atom is 0.191 e. The second-order valence-corrected chi connectivity index (χ2v) is 6.30. The molecule has 0 aliphatic carbocycles. The van der Waals surface area contributed by atoms with Crippen LogP contribution in [-0.4, -0.2) is 33.3 Å². The van der Waals surface area contributed by atoms with Crippen LogP contribution >= 0.6 is 35.3 Å². The van der Waals surface area contributed by atoms with E-state index in [1.54, 1.807) is 17.7 Å². The molecule has 0 aromatic carbocycles. The molecule has 8 heteroatoms. The summed E-state index contributed by atoms with van der Waals surface area (Å²) in [5.74, 6) is 1.85. The molecule has 2 N–H and O–H groups in total. The van der Waals surface area contributed by atoms with E-state index in [9.17, 15) is 0 Å². The number of nitrogens with zero attached hydrogens (tertiary/aromatic N) is 4. The number of aryl methyl sites for hydroxylation is 1. The van der Waals surface area contributed by atoms with Crippen LogP contribution in [0, 0.1) is 0 Å². The molecular formula is C15H25IN6S. The van der Waals surface area contributed by atoms with Gasteiger partial charge < -0.3 is 15.2 Å². The molecule has 0 bridgehead atoms. The number of hydrogen-bond donors (Lipinski definition) is 2. The summed E-state index contributed by atoms with van der Waals surface area (Å²) in [6.07, 6.45) is 2.67. The average molecular weight is 448 g/mol. The topological polar surface area (TPSA) is 67.1 Å². The van der Waals surface area contributed by atoms with Crippen molar-refractivity contribution in [2.24, 2.45) is 4.99 Å². The first-order chi connectivity index (χ1) is 10.7. The molecule has 2 aromatic rings. The summed E-state index contributed by atoms with van der Waals surface area (Å²) in [4.78, 5) is 5.89. The SMILES string of the molecule is CCc1nncn1CCNC(=NCc1cccs1)NC(C)C.I. The zero-order valence-electron chi connectivity index (χ0n) is 13.8. The number of rotatable bonds is 7. The number of nitrogens with one attached hydrogen (secondary N) is 2. The smallest absolute Gasteiger partial charge is 0.191 e. The summed E-state index contributed by atoms with van der Waals surface area (Å²) in [5, 5.41) is 16.8. The number of halogens is 1. The molecule has 0 aliphatic rings. The van der Waals surface area contributed by atoms with Crippen molar-refractivity contribution in [3.8, 4) is 0 Å². The molecule has 0 unspecified atom stereocenters. The molecule has 2 heterocycles. The zero-order valence-corrected chi connectivity index (χ0v) is 17.0. The van der Waals surface area contributed by atoms with Crippen molar-refractivity contribution in [2.45, 2.75) is 46.3 Å². The Balaban J connectivity index is 0.00000264. The predicted octanol–water partition coefficient (Wildman–Crippen LogP) is 2.66. The van der Waals surface area contributed by atoms with Crippen molar-refractivity contribution >= 4 is 41.3 Å². The first kappa shape index (κ1) is 19.9. The van der Waals surface area contributed by atoms with Crippen molar-refractivity contribution in [1.29, 1.82) is 0 Å². The summed E-state index contributed by atoms with van der Waals surface area (Å²) >= 11 is 1.73. The van der Waals surface area contributed by atoms with Gasteiger partial charge in [0.2, 0.25) is 0 Å². The summed E-state index contributed by atoms with van der Waals surface area (Å²) in [6.45, 7) is 8.62. The van der Waals surface area contributed by atoms with Crippen LogP contribution in [0.5, 0.6) is 0 Å². The number of aromatic nitrogens is 3. The Kier molecular flexibility index (Phi) is 9.15. The summed E-state index contributed by atoms with van der Waals surface area (Å²) < 4.78 is 2.07. The highest BCUT2D eigenvalue weighted by molar-refractivity contribution is 14.0. The molecule has 23 heavy (non-hydrogen) atoms. The van der Waals surface area contributed by atoms with E-state index in [1.807, 2.05) is 0 Å². The maximum atomic E-state index is 4.63. The van der Waals surface area contributed by atoms with Gasteiger partial charge in [-0.05, 0) is 25.3 Å². The molecule has 128 valence electrons. The van der Waals surface area contributed by atoms with Crippen LogP contribution in [0.2, 0.25) is 0 Å². The molecule has 2 rings (SSSR count). The molecule has 0 spiro atoms. The minimum Gasteiger partial charge on any atom is -0.355 e. The van der Waals surface area contributed by atoms with Crippen LogP contribution in [-0.2, 0) is 19.5 Å². The molecular weight excluding hydrogens is 423 g/mol. The molecule has 0 fully saturated rings. The fourth-order valence-corrected chi connectivity index (χ4v) is 2.65. The van der Waals surface area contributed by atoms with Gasteiger partial charge >= 0.3 is 0 Å². The number of guanidine groups is 1. The lowest BCUT2D eigenvalue weighted by Gasteiger charge is -2.15. The molecule has 0 atom stereocenters. The first-order valence-corrected chi connectivity index (χ1v) is 8.51. The monoisotopic (exact) mass is 448 g/mol. The van der Waals surface area contributed by atoms with Crippen molar-refractivity contribution in [3.05, 3.63) is 34.5 Å². The molecule has 6 nitrogen and oxygen atoms in total. The van der Waals surface area contributed by atoms with Gasteiger partial charge in [-0.3, -0.25) is 0 Å². The van der Waals surface area contributed by atoms with Crippen LogP contribution < -0.4 is 10.6 Å². The fraction of sp³-hybridized carbons (Fsp3) is 0.533. The third kappa shape index (κ3) is 6.86. The van der Waals surface area contributed by atoms with Crippen molar-refractivity contribution in [3.63, 3.8) is 0 Å². The summed E-state index contributed by atoms with van der Waals surface area (Å²) in [6, 6.07) is 4.50. The van der Waals surface area contributed by atoms with Gasteiger partial charge in [0.05, 0.1) is 6.54 Å². The van der Waals surface area contributed by atoms with Crippen LogP contribution in [0.1, 0.15) is 31.5 Å². The Morgan fingerprint density at radius 2 is 2.26 bits per heavy atom. The highest BCUT2D eigenvalue weighted by atomic mass is 127. The van der Waals surface area contributed by atoms with Crippen LogP contribution in [0.3, 0.4) is 0 Å². The largest absolute Gasteiger partial charge is 0.355 e. The maximum absolute atomic E-state index is 4.63. The van der Waals surface area contributed by atoms with Gasteiger partial charge in [0, 0.05) is 30.4 Å². The Morgan fingerprint density at radius 1 is 1.43 bits per heavy atom. The minimum absolute atomic E-state index is 0. The van der Waals surface area contributed by atoms with Gasteiger partial charge in [0.25, 0.3) is 0 Å². The predicted molar refractivity (Wildman–Crippen MR) is 107 cm³/mol. The lowest BCUT2D eigenvalue weighted by Crippen LogP contribution is -2.42. The minimum atomic E-state index is 0. The van der Waals surface area contributed by atoms with Crippen molar-refractivity contribution in [2.75, 3.05) is 6.54 Å². The normalized spacial score (nSPS) is 11.4. The van der Waals surface area contributed by atoms with E-state index in [0.717, 1.165) is 31.3 Å². The summed E-state index contributed by atoms with van der Waals surface area (Å²) in [7, 11) is 0. The van der Waals surface area contributed by atoms with Gasteiger partial charge in [-0.1, -0.05) is 13.0 Å². The summed E-state index contributed by atoms with van der Waals surface area (Å²) in [5.41, 5.74) is 0. The zero-order chi connectivity index (χ0) is 15.8. The number of thiophene rings is 1. The lowest BCUT2D eigenvalue weighted by molar-refractivity contribution is 0.622. The number of aliphatic imine (C=N–C) groups is 1. The Bertz CT molecular complexity index is 579. The molecule has 0 saturated carbocycles. The molecule has 2 aromatic heterocycles. The highest BCUT2D eigenvalue weighted by Crippen LogP contribution is 2.09. The van der Waals surface area contributed by atoms with Gasteiger partial charge in [-0.25, -0.2) is 4.99 Å². The molecule has 0 amide bonds. The van der Waals surface area contributed by atoms with Gasteiger partial charge in [-0.15, -0.1) is 45.5 Å². The van der Waals surface area contributed by atoms with E-state index in [1.165, 1.54) is 4.88 Å². The standard InChI is InChI=1S/C15H24N6S.HI/c1-4-14-20-18-11-21(14)8-7-16-15(19-12(2)3)17-10-13-6-5-9-22-13;/h5-6,9,11-12H,4,7-8,10H2,1-3H3,(H2,16,17,19);1H. The Hall–Kier alpha value is -1.16. The van der Waals surface area contributed by atoms with E-state index >= 15 is 0 Å². The van der Waals surface area contributed by atoms with Crippen LogP contribution in [0.4, 0.5) is 0 Å². The van der Waals surface area contributed by atoms with Gasteiger partial charge in [-0.2, -0.15) is 0 Å². The third-order valence-electron chi connectivity index (χ3n) is 3.06. The second kappa shape index (κ2) is 10.6. The van der Waals surface area contributed by atoms with Crippen molar-refractivity contribution < 1.29 is 0 Å². The Labute approximate surface area is 158 Å². The quantitative estimate of drug-likeness (QED) is 0.388. The van der Waals surface area contributed by atoms with E-state index in [0.29, 0.717) is 12.6 Å². The third-order valence-corrected chi connectivity index (χ3v) is 3.92. The van der Waals surface area contributed by atoms with Gasteiger partial charge in [0.15, 0.2) is 5.96 Å². The molecule has 0 radical (unpaired) electrons. The van der Waals surface area contributed by atoms with Gasteiger partial charge in [0.1, 0.15) is 12.2 Å². The number of hydrogen-bond acceptors (Lipinski definition) is 4. The molecule has 0 saturated heterocycles. The Morgan fingerprint density at radius 3 is 2.91 bits per heavy atom. The van der Waals surface area contributed by atoms with Crippen LogP contribution in [0.25, 0.3) is 0 Å². The lowest BCUT2D eigenvalue weighted by atomic mass is 10.4. The van der Waals surface area contributed by atoms with E-state index in [-0.39, 0.29) is 24.0 Å². The van der Waals surface area contributed by atoms with E-state index in [2.05, 4.69) is 68.7 Å².